The number of hydrogen-bond donors (Lipinski definition) is 0. The molecule has 0 radical (unpaired) electrons. The van der Waals surface area contributed by atoms with Gasteiger partial charge in [-0.25, -0.2) is 28.2 Å². The summed E-state index contributed by atoms with van der Waals surface area (Å²) in [6.45, 7) is 1.89. The molecule has 0 spiro atoms. The maximum absolute atomic E-state index is 13.0. The minimum atomic E-state index is -2.68. The van der Waals surface area contributed by atoms with Crippen LogP contribution in [-0.4, -0.2) is 30.9 Å². The molecule has 0 saturated carbocycles. The van der Waals surface area contributed by atoms with Gasteiger partial charge in [0.15, 0.2) is 5.65 Å². The standard InChI is InChI=1S/C19H13F2N5O/c1-11-4-12(9-27)6-13(5-11)15-7-16(24-10-23-15)17-8-22-18-3-2-14(19(20)21)25-26(17)18/h2-10,19H,1H3. The molecule has 0 amide bonds. The summed E-state index contributed by atoms with van der Waals surface area (Å²) in [4.78, 5) is 23.8. The molecule has 0 N–H and O–H groups in total. The topological polar surface area (TPSA) is 73.0 Å². The third-order valence-electron chi connectivity index (χ3n) is 4.07. The van der Waals surface area contributed by atoms with Crippen molar-refractivity contribution in [3.63, 3.8) is 0 Å². The van der Waals surface area contributed by atoms with Crippen molar-refractivity contribution in [3.05, 3.63) is 65.7 Å². The van der Waals surface area contributed by atoms with E-state index in [0.717, 1.165) is 17.4 Å². The van der Waals surface area contributed by atoms with E-state index in [0.29, 0.717) is 28.3 Å². The maximum atomic E-state index is 13.0. The second-order valence-electron chi connectivity index (χ2n) is 6.01. The van der Waals surface area contributed by atoms with Crippen LogP contribution < -0.4 is 0 Å². The molecular formula is C19H13F2N5O. The van der Waals surface area contributed by atoms with Gasteiger partial charge in [-0.2, -0.15) is 5.10 Å². The summed E-state index contributed by atoms with van der Waals surface area (Å²) in [5.41, 5.74) is 3.89. The number of alkyl halides is 2. The van der Waals surface area contributed by atoms with Crippen LogP contribution in [0.5, 0.6) is 0 Å². The van der Waals surface area contributed by atoms with Gasteiger partial charge >= 0.3 is 0 Å². The summed E-state index contributed by atoms with van der Waals surface area (Å²) in [6, 6.07) is 9.85. The minimum absolute atomic E-state index is 0.342. The average Bonchev–Trinajstić information content (AvgIpc) is 3.10. The van der Waals surface area contributed by atoms with Crippen LogP contribution >= 0.6 is 0 Å². The minimum Gasteiger partial charge on any atom is -0.298 e. The third kappa shape index (κ3) is 3.17. The number of carbonyl (C=O) groups excluding carboxylic acids is 1. The van der Waals surface area contributed by atoms with E-state index in [1.807, 2.05) is 13.0 Å². The fourth-order valence-electron chi connectivity index (χ4n) is 2.86. The summed E-state index contributed by atoms with van der Waals surface area (Å²) >= 11 is 0. The number of carbonyl (C=O) groups is 1. The van der Waals surface area contributed by atoms with Crippen molar-refractivity contribution in [2.75, 3.05) is 0 Å². The Labute approximate surface area is 152 Å². The Balaban J connectivity index is 1.84. The van der Waals surface area contributed by atoms with E-state index in [1.165, 1.54) is 29.2 Å². The third-order valence-corrected chi connectivity index (χ3v) is 4.07. The number of rotatable bonds is 4. The summed E-state index contributed by atoms with van der Waals surface area (Å²) in [5, 5.41) is 3.95. The largest absolute Gasteiger partial charge is 0.298 e. The van der Waals surface area contributed by atoms with E-state index in [4.69, 9.17) is 0 Å². The number of imidazole rings is 1. The van der Waals surface area contributed by atoms with E-state index in [2.05, 4.69) is 20.1 Å². The molecule has 8 heteroatoms. The molecule has 0 saturated heterocycles. The number of aldehydes is 1. The smallest absolute Gasteiger partial charge is 0.282 e. The van der Waals surface area contributed by atoms with Crippen molar-refractivity contribution in [1.82, 2.24) is 24.6 Å². The van der Waals surface area contributed by atoms with Crippen LogP contribution in [0.25, 0.3) is 28.3 Å². The number of benzene rings is 1. The van der Waals surface area contributed by atoms with E-state index in [9.17, 15) is 13.6 Å². The first-order valence-electron chi connectivity index (χ1n) is 8.07. The molecule has 0 unspecified atom stereocenters. The first kappa shape index (κ1) is 16.9. The van der Waals surface area contributed by atoms with Crippen molar-refractivity contribution >= 4 is 11.9 Å². The lowest BCUT2D eigenvalue weighted by molar-refractivity contribution is 0.112. The first-order valence-corrected chi connectivity index (χ1v) is 8.07. The lowest BCUT2D eigenvalue weighted by Gasteiger charge is -2.06. The second kappa shape index (κ2) is 6.64. The predicted molar refractivity (Wildman–Crippen MR) is 94.5 cm³/mol. The molecule has 0 fully saturated rings. The average molecular weight is 365 g/mol. The highest BCUT2D eigenvalue weighted by Crippen LogP contribution is 2.25. The van der Waals surface area contributed by atoms with Crippen molar-refractivity contribution in [3.8, 4) is 22.6 Å². The highest BCUT2D eigenvalue weighted by atomic mass is 19.3. The molecule has 134 valence electrons. The lowest BCUT2D eigenvalue weighted by atomic mass is 10.0. The molecule has 1 aromatic carbocycles. The van der Waals surface area contributed by atoms with Gasteiger partial charge in [0.05, 0.1) is 17.6 Å². The van der Waals surface area contributed by atoms with Crippen LogP contribution in [0.15, 0.2) is 48.9 Å². The van der Waals surface area contributed by atoms with Gasteiger partial charge < -0.3 is 0 Å². The highest BCUT2D eigenvalue weighted by molar-refractivity contribution is 5.79. The molecule has 3 heterocycles. The molecule has 3 aromatic heterocycles. The Morgan fingerprint density at radius 3 is 2.63 bits per heavy atom. The number of hydrogen-bond acceptors (Lipinski definition) is 5. The van der Waals surface area contributed by atoms with Crippen LogP contribution in [0.4, 0.5) is 8.78 Å². The molecule has 4 rings (SSSR count). The number of nitrogens with zero attached hydrogens (tertiary/aromatic N) is 5. The first-order chi connectivity index (χ1) is 13.0. The number of halogens is 2. The van der Waals surface area contributed by atoms with E-state index >= 15 is 0 Å². The zero-order chi connectivity index (χ0) is 19.0. The summed E-state index contributed by atoms with van der Waals surface area (Å²) in [7, 11) is 0. The van der Waals surface area contributed by atoms with Gasteiger partial charge in [0, 0.05) is 11.1 Å². The monoisotopic (exact) mass is 365 g/mol. The SMILES string of the molecule is Cc1cc(C=O)cc(-c2cc(-c3cnc4ccc(C(F)F)nn34)ncn2)c1. The number of fused-ring (bicyclic) bond motifs is 1. The number of aryl methyl sites for hydroxylation is 1. The van der Waals surface area contributed by atoms with Crippen molar-refractivity contribution < 1.29 is 13.6 Å². The summed E-state index contributed by atoms with van der Waals surface area (Å²) in [5.74, 6) is 0. The zero-order valence-corrected chi connectivity index (χ0v) is 14.2. The molecule has 4 aromatic rings. The fraction of sp³-hybridized carbons (Fsp3) is 0.105. The highest BCUT2D eigenvalue weighted by Gasteiger charge is 2.14. The normalized spacial score (nSPS) is 11.3. The molecule has 0 bridgehead atoms. The lowest BCUT2D eigenvalue weighted by Crippen LogP contribution is -2.01. The van der Waals surface area contributed by atoms with Crippen LogP contribution in [0, 0.1) is 6.92 Å². The van der Waals surface area contributed by atoms with E-state index in [1.54, 1.807) is 18.2 Å². The Bertz CT molecular complexity index is 1160. The molecule has 27 heavy (non-hydrogen) atoms. The molecule has 0 aliphatic heterocycles. The maximum Gasteiger partial charge on any atom is 0.282 e. The molecule has 0 aliphatic carbocycles. The van der Waals surface area contributed by atoms with Crippen LogP contribution in [0.3, 0.4) is 0 Å². The van der Waals surface area contributed by atoms with Crippen molar-refractivity contribution in [1.29, 1.82) is 0 Å². The van der Waals surface area contributed by atoms with Gasteiger partial charge in [0.25, 0.3) is 6.43 Å². The van der Waals surface area contributed by atoms with Gasteiger partial charge in [0.1, 0.15) is 24.0 Å². The quantitative estimate of drug-likeness (QED) is 0.513. The Morgan fingerprint density at radius 2 is 1.85 bits per heavy atom. The van der Waals surface area contributed by atoms with Gasteiger partial charge in [-0.1, -0.05) is 0 Å². The molecular weight excluding hydrogens is 352 g/mol. The van der Waals surface area contributed by atoms with E-state index in [-0.39, 0.29) is 5.69 Å². The fourth-order valence-corrected chi connectivity index (χ4v) is 2.86. The van der Waals surface area contributed by atoms with Gasteiger partial charge in [-0.15, -0.1) is 0 Å². The van der Waals surface area contributed by atoms with Gasteiger partial charge in [0.2, 0.25) is 0 Å². The van der Waals surface area contributed by atoms with Crippen molar-refractivity contribution in [2.45, 2.75) is 13.3 Å². The Morgan fingerprint density at radius 1 is 1.04 bits per heavy atom. The number of aromatic nitrogens is 5. The predicted octanol–water partition coefficient (Wildman–Crippen LogP) is 3.91. The Kier molecular flexibility index (Phi) is 4.15. The van der Waals surface area contributed by atoms with Gasteiger partial charge in [-0.05, 0) is 48.9 Å². The second-order valence-corrected chi connectivity index (χ2v) is 6.01. The van der Waals surface area contributed by atoms with Crippen LogP contribution in [0.1, 0.15) is 28.0 Å². The van der Waals surface area contributed by atoms with E-state index < -0.39 is 6.43 Å². The van der Waals surface area contributed by atoms with Gasteiger partial charge in [-0.3, -0.25) is 4.79 Å². The molecule has 0 atom stereocenters. The van der Waals surface area contributed by atoms with Crippen molar-refractivity contribution in [2.24, 2.45) is 0 Å². The molecule has 6 nitrogen and oxygen atoms in total. The summed E-state index contributed by atoms with van der Waals surface area (Å²) in [6.07, 6.45) is 0.999. The Hall–Kier alpha value is -3.55. The van der Waals surface area contributed by atoms with Crippen LogP contribution in [-0.2, 0) is 0 Å². The zero-order valence-electron chi connectivity index (χ0n) is 14.2. The molecule has 0 aliphatic rings. The summed E-state index contributed by atoms with van der Waals surface area (Å²) < 4.78 is 27.3. The van der Waals surface area contributed by atoms with Crippen LogP contribution in [0.2, 0.25) is 0 Å².